The van der Waals surface area contributed by atoms with Gasteiger partial charge in [0, 0.05) is 6.20 Å². The molecule has 0 unspecified atom stereocenters. The lowest BCUT2D eigenvalue weighted by molar-refractivity contribution is -0.0779. The monoisotopic (exact) mass is 289 g/mol. The van der Waals surface area contributed by atoms with Gasteiger partial charge in [-0.1, -0.05) is 12.1 Å². The number of aliphatic hydroxyl groups is 1. The molecular weight excluding hydrogens is 274 g/mol. The molecule has 0 bridgehead atoms. The van der Waals surface area contributed by atoms with Crippen LogP contribution in [0, 0.1) is 0 Å². The lowest BCUT2D eigenvalue weighted by Crippen LogP contribution is -2.28. The zero-order valence-electron chi connectivity index (χ0n) is 11.5. The van der Waals surface area contributed by atoms with Crippen LogP contribution in [0.15, 0.2) is 36.7 Å². The Bertz CT molecular complexity index is 655. The van der Waals surface area contributed by atoms with E-state index in [-0.39, 0.29) is 19.1 Å². The Morgan fingerprint density at radius 2 is 2.29 bits per heavy atom. The van der Waals surface area contributed by atoms with Gasteiger partial charge in [-0.2, -0.15) is 5.10 Å². The molecule has 110 valence electrons. The summed E-state index contributed by atoms with van der Waals surface area (Å²) in [5, 5.41) is 14.7. The van der Waals surface area contributed by atoms with Gasteiger partial charge in [-0.3, -0.25) is 9.63 Å². The summed E-state index contributed by atoms with van der Waals surface area (Å²) in [6.07, 6.45) is 2.43. The first-order valence-corrected chi connectivity index (χ1v) is 6.50. The predicted molar refractivity (Wildman–Crippen MR) is 73.1 cm³/mol. The van der Waals surface area contributed by atoms with Crippen molar-refractivity contribution in [1.82, 2.24) is 14.8 Å². The van der Waals surface area contributed by atoms with Gasteiger partial charge in [-0.05, 0) is 12.1 Å². The van der Waals surface area contributed by atoms with Gasteiger partial charge >= 0.3 is 0 Å². The van der Waals surface area contributed by atoms with Crippen molar-refractivity contribution >= 4 is 5.91 Å². The molecule has 7 heteroatoms. The van der Waals surface area contributed by atoms with Crippen molar-refractivity contribution in [2.24, 2.45) is 0 Å². The van der Waals surface area contributed by atoms with E-state index in [1.165, 1.54) is 6.20 Å². The van der Waals surface area contributed by atoms with Crippen LogP contribution >= 0.6 is 0 Å². The lowest BCUT2D eigenvalue weighted by Gasteiger charge is -2.12. The first-order valence-electron chi connectivity index (χ1n) is 6.50. The van der Waals surface area contributed by atoms with E-state index in [9.17, 15) is 9.90 Å². The Kier molecular flexibility index (Phi) is 3.59. The van der Waals surface area contributed by atoms with E-state index in [4.69, 9.17) is 9.57 Å². The number of carbonyl (C=O) groups is 1. The van der Waals surface area contributed by atoms with Gasteiger partial charge in [-0.25, -0.2) is 9.75 Å². The van der Waals surface area contributed by atoms with Gasteiger partial charge in [0.1, 0.15) is 24.1 Å². The van der Waals surface area contributed by atoms with Crippen LogP contribution in [0.3, 0.4) is 0 Å². The van der Waals surface area contributed by atoms with E-state index in [1.807, 2.05) is 24.3 Å². The van der Waals surface area contributed by atoms with Crippen LogP contribution in [0.25, 0.3) is 5.69 Å². The number of aromatic nitrogens is 2. The predicted octanol–water partition coefficient (Wildman–Crippen LogP) is 0.629. The second-order valence-corrected chi connectivity index (χ2v) is 4.66. The molecule has 2 aromatic rings. The summed E-state index contributed by atoms with van der Waals surface area (Å²) >= 11 is 0. The summed E-state index contributed by atoms with van der Waals surface area (Å²) in [6.45, 7) is 0.297. The molecule has 3 rings (SSSR count). The number of para-hydroxylation sites is 2. The minimum Gasteiger partial charge on any atom is -0.494 e. The molecule has 1 N–H and O–H groups in total. The van der Waals surface area contributed by atoms with Crippen LogP contribution in [-0.2, 0) is 4.84 Å². The number of nitrogens with zero attached hydrogens (tertiary/aromatic N) is 3. The van der Waals surface area contributed by atoms with Gasteiger partial charge in [0.2, 0.25) is 0 Å². The lowest BCUT2D eigenvalue weighted by atomic mass is 10.3. The number of hydroxylamine groups is 2. The van der Waals surface area contributed by atoms with Crippen LogP contribution in [0.5, 0.6) is 5.75 Å². The first-order chi connectivity index (χ1) is 10.2. The molecule has 1 fully saturated rings. The van der Waals surface area contributed by atoms with Gasteiger partial charge in [0.25, 0.3) is 5.91 Å². The third kappa shape index (κ3) is 2.61. The topological polar surface area (TPSA) is 76.8 Å². The Morgan fingerprint density at radius 1 is 1.48 bits per heavy atom. The Morgan fingerprint density at radius 3 is 3.00 bits per heavy atom. The largest absolute Gasteiger partial charge is 0.494 e. The molecule has 0 saturated carbocycles. The minimum atomic E-state index is -0.641. The summed E-state index contributed by atoms with van der Waals surface area (Å²) in [4.78, 5) is 17.3. The highest BCUT2D eigenvalue weighted by Crippen LogP contribution is 2.22. The maximum atomic E-state index is 12.2. The van der Waals surface area contributed by atoms with E-state index in [0.29, 0.717) is 11.3 Å². The number of ether oxygens (including phenoxy) is 1. The fourth-order valence-corrected chi connectivity index (χ4v) is 2.14. The van der Waals surface area contributed by atoms with Gasteiger partial charge in [0.05, 0.1) is 25.4 Å². The molecule has 0 spiro atoms. The number of hydrogen-bond donors (Lipinski definition) is 1. The Balaban J connectivity index is 1.85. The molecule has 1 amide bonds. The summed E-state index contributed by atoms with van der Waals surface area (Å²) in [6, 6.07) is 7.38. The summed E-state index contributed by atoms with van der Waals surface area (Å²) in [5.41, 5.74) is 1.12. The fraction of sp³-hybridized carbons (Fsp3) is 0.286. The first kappa shape index (κ1) is 13.6. The van der Waals surface area contributed by atoms with Gasteiger partial charge < -0.3 is 9.84 Å². The maximum absolute atomic E-state index is 12.2. The molecule has 1 aromatic heterocycles. The van der Waals surface area contributed by atoms with Crippen LogP contribution in [0.2, 0.25) is 0 Å². The average Bonchev–Trinajstić information content (AvgIpc) is 3.15. The molecule has 0 aliphatic carbocycles. The smallest absolute Gasteiger partial charge is 0.280 e. The second-order valence-electron chi connectivity index (χ2n) is 4.66. The van der Waals surface area contributed by atoms with Crippen LogP contribution in [0.1, 0.15) is 10.4 Å². The zero-order valence-corrected chi connectivity index (χ0v) is 11.5. The molecule has 1 aliphatic heterocycles. The van der Waals surface area contributed by atoms with E-state index in [2.05, 4.69) is 5.10 Å². The third-order valence-corrected chi connectivity index (χ3v) is 3.19. The molecule has 1 saturated heterocycles. The van der Waals surface area contributed by atoms with Gasteiger partial charge in [-0.15, -0.1) is 0 Å². The zero-order chi connectivity index (χ0) is 14.8. The number of hydrogen-bond acceptors (Lipinski definition) is 5. The highest BCUT2D eigenvalue weighted by atomic mass is 16.7. The Hall–Kier alpha value is -2.38. The summed E-state index contributed by atoms with van der Waals surface area (Å²) in [7, 11) is 1.58. The molecular formula is C14H15N3O4. The molecule has 1 aliphatic rings. The second kappa shape index (κ2) is 5.55. The molecule has 21 heavy (non-hydrogen) atoms. The van der Waals surface area contributed by atoms with E-state index in [0.717, 1.165) is 10.8 Å². The SMILES string of the molecule is COc1ccccc1-n1cc(C(=O)N2C[C@H](O)CO2)cn1. The standard InChI is InChI=1S/C14H15N3O4/c1-20-13-5-3-2-4-12(13)16-7-10(6-15-16)14(19)17-8-11(18)9-21-17/h2-7,11,18H,8-9H2,1H3/t11-/m0/s1. The number of aliphatic hydroxyl groups excluding tert-OH is 1. The van der Waals surface area contributed by atoms with Crippen molar-refractivity contribution in [1.29, 1.82) is 0 Å². The quantitative estimate of drug-likeness (QED) is 0.896. The van der Waals surface area contributed by atoms with Crippen molar-refractivity contribution in [3.05, 3.63) is 42.2 Å². The number of carbonyl (C=O) groups excluding carboxylic acids is 1. The number of methoxy groups -OCH3 is 1. The number of benzene rings is 1. The minimum absolute atomic E-state index is 0.131. The van der Waals surface area contributed by atoms with E-state index >= 15 is 0 Å². The third-order valence-electron chi connectivity index (χ3n) is 3.19. The molecule has 2 heterocycles. The van der Waals surface area contributed by atoms with Crippen LogP contribution in [0.4, 0.5) is 0 Å². The molecule has 0 radical (unpaired) electrons. The Labute approximate surface area is 121 Å². The normalized spacial score (nSPS) is 18.0. The fourth-order valence-electron chi connectivity index (χ4n) is 2.14. The summed E-state index contributed by atoms with van der Waals surface area (Å²) in [5.74, 6) is 0.333. The number of rotatable bonds is 3. The highest BCUT2D eigenvalue weighted by Gasteiger charge is 2.27. The molecule has 1 atom stereocenters. The maximum Gasteiger partial charge on any atom is 0.280 e. The van der Waals surface area contributed by atoms with Crippen molar-refractivity contribution < 1.29 is 19.5 Å². The van der Waals surface area contributed by atoms with Gasteiger partial charge in [0.15, 0.2) is 0 Å². The van der Waals surface area contributed by atoms with E-state index < -0.39 is 6.10 Å². The van der Waals surface area contributed by atoms with Crippen LogP contribution in [-0.4, -0.2) is 52.2 Å². The van der Waals surface area contributed by atoms with Crippen molar-refractivity contribution in [2.75, 3.05) is 20.3 Å². The summed E-state index contributed by atoms with van der Waals surface area (Å²) < 4.78 is 6.84. The molecule has 1 aromatic carbocycles. The number of β-amino-alcohol motifs (C(OH)–C–C–N with tert-alkyl or cyclic N) is 1. The average molecular weight is 289 g/mol. The van der Waals surface area contributed by atoms with Crippen molar-refractivity contribution in [3.8, 4) is 11.4 Å². The van der Waals surface area contributed by atoms with Crippen molar-refractivity contribution in [2.45, 2.75) is 6.10 Å². The highest BCUT2D eigenvalue weighted by molar-refractivity contribution is 5.93. The van der Waals surface area contributed by atoms with Crippen LogP contribution < -0.4 is 4.74 Å². The van der Waals surface area contributed by atoms with E-state index in [1.54, 1.807) is 18.0 Å². The van der Waals surface area contributed by atoms with Crippen molar-refractivity contribution in [3.63, 3.8) is 0 Å². The molecule has 7 nitrogen and oxygen atoms in total. The number of amides is 1.